The van der Waals surface area contributed by atoms with Gasteiger partial charge in [-0.2, -0.15) is 0 Å². The van der Waals surface area contributed by atoms with Crippen LogP contribution in [0.2, 0.25) is 0 Å². The average molecular weight is 289 g/mol. The normalized spacial score (nSPS) is 15.9. The second-order valence-corrected chi connectivity index (χ2v) is 5.94. The van der Waals surface area contributed by atoms with Gasteiger partial charge in [-0.3, -0.25) is 0 Å². The SMILES string of the molecule is CNC(c1ccc(OC2CC2)cc1)c1cc(OC)cs1. The van der Waals surface area contributed by atoms with E-state index in [9.17, 15) is 0 Å². The Morgan fingerprint density at radius 1 is 1.20 bits per heavy atom. The minimum absolute atomic E-state index is 0.193. The largest absolute Gasteiger partial charge is 0.496 e. The third-order valence-corrected chi connectivity index (χ3v) is 4.42. The molecule has 2 aromatic rings. The molecule has 1 aromatic heterocycles. The number of rotatable bonds is 6. The van der Waals surface area contributed by atoms with Gasteiger partial charge in [0.25, 0.3) is 0 Å². The lowest BCUT2D eigenvalue weighted by atomic mass is 10.1. The molecule has 0 aliphatic heterocycles. The van der Waals surface area contributed by atoms with E-state index in [1.54, 1.807) is 18.4 Å². The molecule has 1 unspecified atom stereocenters. The van der Waals surface area contributed by atoms with Crippen molar-refractivity contribution in [1.82, 2.24) is 5.32 Å². The molecule has 0 saturated heterocycles. The zero-order valence-electron chi connectivity index (χ0n) is 11.8. The van der Waals surface area contributed by atoms with Gasteiger partial charge in [0.2, 0.25) is 0 Å². The van der Waals surface area contributed by atoms with Gasteiger partial charge in [-0.15, -0.1) is 11.3 Å². The van der Waals surface area contributed by atoms with Crippen LogP contribution in [-0.4, -0.2) is 20.3 Å². The van der Waals surface area contributed by atoms with E-state index >= 15 is 0 Å². The maximum absolute atomic E-state index is 5.78. The van der Waals surface area contributed by atoms with Gasteiger partial charge < -0.3 is 14.8 Å². The van der Waals surface area contributed by atoms with Crippen LogP contribution in [0.4, 0.5) is 0 Å². The fourth-order valence-corrected chi connectivity index (χ4v) is 3.17. The molecule has 1 aliphatic carbocycles. The van der Waals surface area contributed by atoms with Crippen molar-refractivity contribution in [2.24, 2.45) is 0 Å². The van der Waals surface area contributed by atoms with Gasteiger partial charge in [0.05, 0.1) is 19.3 Å². The van der Waals surface area contributed by atoms with Crippen molar-refractivity contribution in [3.8, 4) is 11.5 Å². The standard InChI is InChI=1S/C16H19NO2S/c1-17-16(15-9-14(18-2)10-20-15)11-3-5-12(6-4-11)19-13-7-8-13/h3-6,9-10,13,16-17H,7-8H2,1-2H3. The van der Waals surface area contributed by atoms with E-state index < -0.39 is 0 Å². The fourth-order valence-electron chi connectivity index (χ4n) is 2.18. The molecule has 0 spiro atoms. The zero-order valence-corrected chi connectivity index (χ0v) is 12.6. The van der Waals surface area contributed by atoms with Crippen LogP contribution >= 0.6 is 11.3 Å². The summed E-state index contributed by atoms with van der Waals surface area (Å²) in [5.74, 6) is 1.88. The predicted molar refractivity (Wildman–Crippen MR) is 81.9 cm³/mol. The van der Waals surface area contributed by atoms with Crippen molar-refractivity contribution in [2.45, 2.75) is 25.0 Å². The summed E-state index contributed by atoms with van der Waals surface area (Å²) in [6, 6.07) is 10.7. The first-order valence-electron chi connectivity index (χ1n) is 6.86. The van der Waals surface area contributed by atoms with Crippen LogP contribution in [0.3, 0.4) is 0 Å². The third kappa shape index (κ3) is 2.97. The van der Waals surface area contributed by atoms with Crippen LogP contribution in [0.25, 0.3) is 0 Å². The highest BCUT2D eigenvalue weighted by atomic mass is 32.1. The predicted octanol–water partition coefficient (Wildman–Crippen LogP) is 3.61. The quantitative estimate of drug-likeness (QED) is 0.881. The van der Waals surface area contributed by atoms with E-state index in [1.807, 2.05) is 12.4 Å². The van der Waals surface area contributed by atoms with E-state index in [0.717, 1.165) is 11.5 Å². The second-order valence-electron chi connectivity index (χ2n) is 5.00. The molecule has 1 aromatic carbocycles. The molecule has 1 saturated carbocycles. The molecule has 0 bridgehead atoms. The van der Waals surface area contributed by atoms with E-state index in [0.29, 0.717) is 6.10 Å². The number of methoxy groups -OCH3 is 1. The van der Waals surface area contributed by atoms with Gasteiger partial charge in [0.15, 0.2) is 0 Å². The number of benzene rings is 1. The summed E-state index contributed by atoms with van der Waals surface area (Å²) in [6.45, 7) is 0. The summed E-state index contributed by atoms with van der Waals surface area (Å²) < 4.78 is 11.0. The van der Waals surface area contributed by atoms with Gasteiger partial charge in [-0.25, -0.2) is 0 Å². The maximum Gasteiger partial charge on any atom is 0.129 e. The van der Waals surface area contributed by atoms with Crippen molar-refractivity contribution >= 4 is 11.3 Å². The van der Waals surface area contributed by atoms with Gasteiger partial charge in [-0.05, 0) is 43.7 Å². The molecule has 0 amide bonds. The average Bonchev–Trinajstić information content (AvgIpc) is 3.16. The monoisotopic (exact) mass is 289 g/mol. The van der Waals surface area contributed by atoms with Crippen molar-refractivity contribution < 1.29 is 9.47 Å². The van der Waals surface area contributed by atoms with Gasteiger partial charge >= 0.3 is 0 Å². The third-order valence-electron chi connectivity index (χ3n) is 3.45. The van der Waals surface area contributed by atoms with Crippen LogP contribution in [0.15, 0.2) is 35.7 Å². The molecule has 20 heavy (non-hydrogen) atoms. The van der Waals surface area contributed by atoms with Crippen LogP contribution < -0.4 is 14.8 Å². The first-order valence-corrected chi connectivity index (χ1v) is 7.74. The topological polar surface area (TPSA) is 30.5 Å². The molecule has 1 atom stereocenters. The highest BCUT2D eigenvalue weighted by Gasteiger charge is 2.23. The molecule has 3 rings (SSSR count). The Morgan fingerprint density at radius 3 is 2.50 bits per heavy atom. The Bertz CT molecular complexity index is 560. The Labute approximate surface area is 123 Å². The van der Waals surface area contributed by atoms with Gasteiger partial charge in [-0.1, -0.05) is 12.1 Å². The van der Waals surface area contributed by atoms with Gasteiger partial charge in [0.1, 0.15) is 11.5 Å². The summed E-state index contributed by atoms with van der Waals surface area (Å²) in [5, 5.41) is 5.39. The maximum atomic E-state index is 5.78. The Morgan fingerprint density at radius 2 is 1.95 bits per heavy atom. The Balaban J connectivity index is 1.77. The van der Waals surface area contributed by atoms with E-state index in [1.165, 1.54) is 23.3 Å². The van der Waals surface area contributed by atoms with E-state index in [4.69, 9.17) is 9.47 Å². The van der Waals surface area contributed by atoms with E-state index in [-0.39, 0.29) is 6.04 Å². The van der Waals surface area contributed by atoms with Crippen molar-refractivity contribution in [1.29, 1.82) is 0 Å². The summed E-state index contributed by atoms with van der Waals surface area (Å²) in [5.41, 5.74) is 1.24. The van der Waals surface area contributed by atoms with Crippen molar-refractivity contribution in [3.05, 3.63) is 46.2 Å². The first-order chi connectivity index (χ1) is 9.80. The summed E-state index contributed by atoms with van der Waals surface area (Å²) in [6.07, 6.45) is 2.83. The summed E-state index contributed by atoms with van der Waals surface area (Å²) in [7, 11) is 3.68. The molecule has 0 radical (unpaired) electrons. The van der Waals surface area contributed by atoms with Crippen LogP contribution in [-0.2, 0) is 0 Å². The number of nitrogens with one attached hydrogen (secondary N) is 1. The number of hydrogen-bond acceptors (Lipinski definition) is 4. The lowest BCUT2D eigenvalue weighted by molar-refractivity contribution is 0.303. The molecule has 1 aliphatic rings. The molecule has 1 heterocycles. The zero-order chi connectivity index (χ0) is 13.9. The molecule has 1 fully saturated rings. The molecular formula is C16H19NO2S. The highest BCUT2D eigenvalue weighted by Crippen LogP contribution is 2.32. The molecule has 1 N–H and O–H groups in total. The number of ether oxygens (including phenoxy) is 2. The molecule has 106 valence electrons. The highest BCUT2D eigenvalue weighted by molar-refractivity contribution is 7.10. The molecule has 3 nitrogen and oxygen atoms in total. The Hall–Kier alpha value is -1.52. The van der Waals surface area contributed by atoms with Crippen LogP contribution in [0, 0.1) is 0 Å². The van der Waals surface area contributed by atoms with Crippen LogP contribution in [0.5, 0.6) is 11.5 Å². The summed E-state index contributed by atoms with van der Waals surface area (Å²) in [4.78, 5) is 1.25. The number of hydrogen-bond donors (Lipinski definition) is 1. The fraction of sp³-hybridized carbons (Fsp3) is 0.375. The second kappa shape index (κ2) is 5.85. The Kier molecular flexibility index (Phi) is 3.94. The molecule has 4 heteroatoms. The van der Waals surface area contributed by atoms with Crippen LogP contribution in [0.1, 0.15) is 29.3 Å². The molecular weight excluding hydrogens is 270 g/mol. The van der Waals surface area contributed by atoms with Crippen molar-refractivity contribution in [3.63, 3.8) is 0 Å². The van der Waals surface area contributed by atoms with Gasteiger partial charge in [0, 0.05) is 10.3 Å². The lowest BCUT2D eigenvalue weighted by Crippen LogP contribution is -2.16. The summed E-state index contributed by atoms with van der Waals surface area (Å²) >= 11 is 1.71. The number of thiophene rings is 1. The minimum atomic E-state index is 0.193. The van der Waals surface area contributed by atoms with Crippen molar-refractivity contribution in [2.75, 3.05) is 14.2 Å². The smallest absolute Gasteiger partial charge is 0.129 e. The van der Waals surface area contributed by atoms with E-state index in [2.05, 4.69) is 35.6 Å². The lowest BCUT2D eigenvalue weighted by Gasteiger charge is -2.15. The first kappa shape index (κ1) is 13.5. The minimum Gasteiger partial charge on any atom is -0.496 e.